The Morgan fingerprint density at radius 2 is 2.11 bits per heavy atom. The molecule has 0 aromatic carbocycles. The van der Waals surface area contributed by atoms with Gasteiger partial charge in [-0.15, -0.1) is 0 Å². The number of allylic oxidation sites excluding steroid dienone is 1. The minimum Gasteiger partial charge on any atom is -0.366 e. The van der Waals surface area contributed by atoms with E-state index < -0.39 is 11.9 Å². The summed E-state index contributed by atoms with van der Waals surface area (Å²) < 4.78 is 13.1. The molecule has 2 atom stereocenters. The fourth-order valence-electron chi connectivity index (χ4n) is 3.90. The van der Waals surface area contributed by atoms with Crippen molar-refractivity contribution in [2.24, 2.45) is 0 Å². The molecule has 1 aliphatic carbocycles. The van der Waals surface area contributed by atoms with Crippen LogP contribution in [0, 0.1) is 5.82 Å². The van der Waals surface area contributed by atoms with Gasteiger partial charge in [-0.05, 0) is 37.5 Å². The third-order valence-corrected chi connectivity index (χ3v) is 5.48. The summed E-state index contributed by atoms with van der Waals surface area (Å²) in [5, 5.41) is 8.96. The molecule has 2 bridgehead atoms. The highest BCUT2D eigenvalue weighted by Crippen LogP contribution is 2.33. The summed E-state index contributed by atoms with van der Waals surface area (Å²) in [6.07, 6.45) is 7.70. The van der Waals surface area contributed by atoms with Crippen molar-refractivity contribution in [3.8, 4) is 0 Å². The van der Waals surface area contributed by atoms with Crippen molar-refractivity contribution in [1.29, 1.82) is 0 Å². The summed E-state index contributed by atoms with van der Waals surface area (Å²) in [7, 11) is 0. The number of carbonyl (C=O) groups is 2. The molecule has 1 saturated carbocycles. The first-order valence-corrected chi connectivity index (χ1v) is 9.54. The molecule has 3 aliphatic heterocycles. The number of carbonyl (C=O) groups excluding carboxylic acids is 2. The summed E-state index contributed by atoms with van der Waals surface area (Å²) >= 11 is 0. The van der Waals surface area contributed by atoms with E-state index in [1.165, 1.54) is 12.1 Å². The van der Waals surface area contributed by atoms with Crippen LogP contribution in [0.5, 0.6) is 0 Å². The van der Waals surface area contributed by atoms with Crippen LogP contribution in [0.2, 0.25) is 0 Å². The number of hydrogen-bond acceptors (Lipinski definition) is 5. The molecule has 2 fully saturated rings. The lowest BCUT2D eigenvalue weighted by atomic mass is 10.1. The first kappa shape index (κ1) is 17.0. The lowest BCUT2D eigenvalue weighted by Gasteiger charge is -2.40. The van der Waals surface area contributed by atoms with Gasteiger partial charge in [0.25, 0.3) is 0 Å². The average Bonchev–Trinajstić information content (AvgIpc) is 3.41. The average molecular weight is 384 g/mol. The molecule has 9 heteroatoms. The SMILES string of the molecule is O=C(NC1CC1)C1C=CC2=C(N1)N(C(=O)Nc1ccc(F)cn1)[C@H]1CCN2C1. The van der Waals surface area contributed by atoms with Crippen LogP contribution in [-0.4, -0.2) is 57.9 Å². The second-order valence-corrected chi connectivity index (χ2v) is 7.55. The minimum absolute atomic E-state index is 0.00495. The van der Waals surface area contributed by atoms with Gasteiger partial charge >= 0.3 is 6.03 Å². The summed E-state index contributed by atoms with van der Waals surface area (Å²) in [6.45, 7) is 1.60. The highest BCUT2D eigenvalue weighted by Gasteiger charge is 2.42. The predicted octanol–water partition coefficient (Wildman–Crippen LogP) is 1.12. The molecule has 8 nitrogen and oxygen atoms in total. The number of nitrogens with zero attached hydrogens (tertiary/aromatic N) is 3. The van der Waals surface area contributed by atoms with E-state index in [1.54, 1.807) is 4.90 Å². The van der Waals surface area contributed by atoms with Crippen LogP contribution in [-0.2, 0) is 4.79 Å². The molecule has 5 rings (SSSR count). The molecule has 1 aromatic rings. The number of rotatable bonds is 3. The van der Waals surface area contributed by atoms with E-state index in [0.29, 0.717) is 5.82 Å². The molecule has 1 aromatic heterocycles. The lowest BCUT2D eigenvalue weighted by molar-refractivity contribution is -0.122. The molecule has 3 N–H and O–H groups in total. The second kappa shape index (κ2) is 6.50. The maximum Gasteiger partial charge on any atom is 0.328 e. The molecular weight excluding hydrogens is 363 g/mol. The zero-order valence-electron chi connectivity index (χ0n) is 15.2. The van der Waals surface area contributed by atoms with Crippen LogP contribution < -0.4 is 16.0 Å². The van der Waals surface area contributed by atoms with Gasteiger partial charge in [0.2, 0.25) is 5.91 Å². The molecule has 3 amide bonds. The van der Waals surface area contributed by atoms with Crippen LogP contribution in [0.3, 0.4) is 0 Å². The van der Waals surface area contributed by atoms with Gasteiger partial charge in [0, 0.05) is 19.1 Å². The van der Waals surface area contributed by atoms with E-state index in [0.717, 1.165) is 44.2 Å². The Morgan fingerprint density at radius 1 is 1.25 bits per heavy atom. The Kier molecular flexibility index (Phi) is 3.96. The number of pyridine rings is 1. The number of nitrogens with one attached hydrogen (secondary N) is 3. The van der Waals surface area contributed by atoms with Crippen LogP contribution in [0.15, 0.2) is 42.0 Å². The number of halogens is 1. The van der Waals surface area contributed by atoms with E-state index in [1.807, 2.05) is 12.2 Å². The molecule has 146 valence electrons. The number of urea groups is 1. The quantitative estimate of drug-likeness (QED) is 0.727. The van der Waals surface area contributed by atoms with Crippen molar-refractivity contribution in [2.75, 3.05) is 18.4 Å². The van der Waals surface area contributed by atoms with Crippen molar-refractivity contribution in [1.82, 2.24) is 25.4 Å². The van der Waals surface area contributed by atoms with Crippen molar-refractivity contribution in [2.45, 2.75) is 37.4 Å². The highest BCUT2D eigenvalue weighted by molar-refractivity contribution is 5.91. The number of aromatic nitrogens is 1. The summed E-state index contributed by atoms with van der Waals surface area (Å²) in [6, 6.07) is 2.09. The Balaban J connectivity index is 1.38. The molecule has 0 radical (unpaired) electrons. The number of amides is 3. The lowest BCUT2D eigenvalue weighted by Crippen LogP contribution is -2.56. The molecule has 1 unspecified atom stereocenters. The van der Waals surface area contributed by atoms with Gasteiger partial charge in [0.1, 0.15) is 23.5 Å². The zero-order chi connectivity index (χ0) is 19.3. The zero-order valence-corrected chi connectivity index (χ0v) is 15.2. The largest absolute Gasteiger partial charge is 0.366 e. The molecule has 28 heavy (non-hydrogen) atoms. The number of fused-ring (bicyclic) bond motifs is 3. The summed E-state index contributed by atoms with van der Waals surface area (Å²) in [5.74, 6) is 0.366. The van der Waals surface area contributed by atoms with Gasteiger partial charge in [-0.1, -0.05) is 6.08 Å². The number of dihydropyridines is 1. The fourth-order valence-corrected chi connectivity index (χ4v) is 3.90. The van der Waals surface area contributed by atoms with E-state index in [9.17, 15) is 14.0 Å². The number of anilines is 1. The maximum absolute atomic E-state index is 13.1. The molecule has 4 heterocycles. The predicted molar refractivity (Wildman–Crippen MR) is 99.3 cm³/mol. The normalized spacial score (nSPS) is 25.3. The number of hydrogen-bond donors (Lipinski definition) is 3. The van der Waals surface area contributed by atoms with Gasteiger partial charge in [0.05, 0.1) is 17.9 Å². The minimum atomic E-state index is -0.516. The first-order valence-electron chi connectivity index (χ1n) is 9.54. The van der Waals surface area contributed by atoms with Gasteiger partial charge in [-0.25, -0.2) is 14.2 Å². The van der Waals surface area contributed by atoms with E-state index in [4.69, 9.17) is 0 Å². The molecule has 1 saturated heterocycles. The second-order valence-electron chi connectivity index (χ2n) is 7.55. The smallest absolute Gasteiger partial charge is 0.328 e. The molecular formula is C19H21FN6O2. The third kappa shape index (κ3) is 3.06. The van der Waals surface area contributed by atoms with E-state index >= 15 is 0 Å². The van der Waals surface area contributed by atoms with Gasteiger partial charge in [-0.2, -0.15) is 0 Å². The van der Waals surface area contributed by atoms with Gasteiger partial charge in [0.15, 0.2) is 0 Å². The molecule has 0 spiro atoms. The summed E-state index contributed by atoms with van der Waals surface area (Å²) in [4.78, 5) is 33.3. The topological polar surface area (TPSA) is 89.6 Å². The Morgan fingerprint density at radius 3 is 2.86 bits per heavy atom. The first-order chi connectivity index (χ1) is 13.6. The summed E-state index contributed by atoms with van der Waals surface area (Å²) in [5.41, 5.74) is 0.909. The van der Waals surface area contributed by atoms with Gasteiger partial charge in [-0.3, -0.25) is 15.0 Å². The Bertz CT molecular complexity index is 879. The maximum atomic E-state index is 13.1. The van der Waals surface area contributed by atoms with Crippen LogP contribution >= 0.6 is 0 Å². The van der Waals surface area contributed by atoms with Crippen molar-refractivity contribution >= 4 is 17.8 Å². The van der Waals surface area contributed by atoms with Crippen LogP contribution in [0.1, 0.15) is 19.3 Å². The van der Waals surface area contributed by atoms with Crippen molar-refractivity contribution in [3.05, 3.63) is 47.8 Å². The van der Waals surface area contributed by atoms with E-state index in [-0.39, 0.29) is 29.8 Å². The fraction of sp³-hybridized carbons (Fsp3) is 0.421. The van der Waals surface area contributed by atoms with Crippen molar-refractivity contribution in [3.63, 3.8) is 0 Å². The van der Waals surface area contributed by atoms with Crippen LogP contribution in [0.25, 0.3) is 0 Å². The monoisotopic (exact) mass is 384 g/mol. The van der Waals surface area contributed by atoms with Crippen molar-refractivity contribution < 1.29 is 14.0 Å². The Labute approximate surface area is 161 Å². The third-order valence-electron chi connectivity index (χ3n) is 5.48. The Hall–Kier alpha value is -3.10. The highest BCUT2D eigenvalue weighted by atomic mass is 19.1. The standard InChI is InChI=1S/C19H21FN6O2/c20-11-1-6-16(21-9-11)24-19(28)26-13-7-8-25(10-13)15-5-4-14(23-17(15)26)18(27)22-12-2-3-12/h1,4-6,9,12-14,23H,2-3,7-8,10H2,(H,22,27)(H,21,24,28)/t13-,14?/m0/s1. The molecule has 4 aliphatic rings. The van der Waals surface area contributed by atoms with Crippen LogP contribution in [0.4, 0.5) is 15.0 Å². The van der Waals surface area contributed by atoms with Gasteiger partial charge < -0.3 is 15.5 Å². The van der Waals surface area contributed by atoms with E-state index in [2.05, 4.69) is 25.8 Å².